The molecule has 8 unspecified atom stereocenters. The van der Waals surface area contributed by atoms with Gasteiger partial charge in [0.25, 0.3) is 24.8 Å². The summed E-state index contributed by atoms with van der Waals surface area (Å²) in [5, 5.41) is 223. The van der Waals surface area contributed by atoms with Gasteiger partial charge in [-0.05, 0) is 0 Å². The molecule has 0 aromatic carbocycles. The number of hydrogen-bond donors (Lipinski definition) is 16. The quantitative estimate of drug-likeness (QED) is 0.0281. The molecule has 584 valence electrons. The van der Waals surface area contributed by atoms with E-state index in [9.17, 15) is 81.7 Å². The third-order valence-electron chi connectivity index (χ3n) is 16.0. The second-order valence-electron chi connectivity index (χ2n) is 22.9. The van der Waals surface area contributed by atoms with E-state index in [1.165, 1.54) is 44.0 Å². The van der Waals surface area contributed by atoms with E-state index in [4.69, 9.17) is 95.4 Å². The van der Waals surface area contributed by atoms with Gasteiger partial charge < -0.3 is 159 Å². The molecule has 4 aromatic rings. The van der Waals surface area contributed by atoms with Crippen LogP contribution in [0.4, 0.5) is 23.5 Å². The highest BCUT2D eigenvalue weighted by Crippen LogP contribution is 2.27. The van der Waals surface area contributed by atoms with Gasteiger partial charge in [0.15, 0.2) is 24.3 Å². The van der Waals surface area contributed by atoms with Crippen LogP contribution >= 0.6 is 0 Å². The Bertz CT molecular complexity index is 2900. The van der Waals surface area contributed by atoms with Crippen molar-refractivity contribution in [2.24, 2.45) is 20.0 Å². The highest BCUT2D eigenvalue weighted by molar-refractivity contribution is 5.66. The average Bonchev–Trinajstić information content (AvgIpc) is 1.36. The number of aromatic nitrogens is 8. The normalized spacial score (nSPS) is 33.3. The summed E-state index contributed by atoms with van der Waals surface area (Å²) in [4.78, 5) is 19.6. The highest BCUT2D eigenvalue weighted by Gasteiger charge is 2.46. The van der Waals surface area contributed by atoms with E-state index in [2.05, 4.69) is 41.1 Å². The zero-order valence-corrected chi connectivity index (χ0v) is 54.5. The molecule has 4 aromatic heterocycles. The van der Waals surface area contributed by atoms with E-state index in [0.717, 1.165) is 0 Å². The van der Waals surface area contributed by atoms with Crippen molar-refractivity contribution in [3.05, 3.63) is 24.8 Å². The summed E-state index contributed by atoms with van der Waals surface area (Å²) in [6.07, 6.45) is -30.1. The number of morpholine rings is 4. The Kier molecular flexibility index (Phi) is 29.4. The Balaban J connectivity index is 0.000000161. The fourth-order valence-electron chi connectivity index (χ4n) is 10.2. The third kappa shape index (κ3) is 21.1. The molecule has 52 nitrogen and oxygen atoms in total. The summed E-state index contributed by atoms with van der Waals surface area (Å²) in [5.74, 6) is -0.589. The van der Waals surface area contributed by atoms with Crippen LogP contribution in [0.2, 0.25) is 0 Å². The standard InChI is InChI=1S/4C13H20N4O9/c4*18-6-7-9(19)10(20)11(21)12(24-7)25-13(22)14-8-5-17(15-26-8)16-1-3-23-4-2-16/h4*5,7,9-12,18-21H,1-4,6H2/t7?,9-,10+,11?,12+;7?,9-,10+,11?,12-;7?,9-,10-,11?,12+;7?,9-,10-,11?,12-/m1100/s1. The third-order valence-corrected chi connectivity index (χ3v) is 16.0. The van der Waals surface area contributed by atoms with E-state index in [-0.39, 0.29) is 23.5 Å². The van der Waals surface area contributed by atoms with Crippen LogP contribution in [0.1, 0.15) is 0 Å². The van der Waals surface area contributed by atoms with Gasteiger partial charge in [-0.1, -0.05) is 0 Å². The fourth-order valence-corrected chi connectivity index (χ4v) is 10.2. The summed E-state index contributed by atoms with van der Waals surface area (Å²) in [6, 6.07) is 0. The second-order valence-corrected chi connectivity index (χ2v) is 22.9. The Morgan fingerprint density at radius 1 is 0.327 bits per heavy atom. The maximum absolute atomic E-state index is 11.9. The van der Waals surface area contributed by atoms with Gasteiger partial charge in [-0.15, -0.1) is 20.0 Å². The Hall–Kier alpha value is -8.12. The van der Waals surface area contributed by atoms with Gasteiger partial charge in [-0.25, -0.2) is 0 Å². The number of aliphatic imine (C=N–C) groups is 4. The molecule has 8 aliphatic rings. The van der Waals surface area contributed by atoms with Crippen LogP contribution in [0.25, 0.3) is 0 Å². The van der Waals surface area contributed by atoms with Gasteiger partial charge in [0.1, 0.15) is 123 Å². The summed E-state index contributed by atoms with van der Waals surface area (Å²) in [7, 11) is 0. The number of aliphatic hydroxyl groups excluding tert-OH is 16. The molecule has 52 heteroatoms. The lowest BCUT2D eigenvalue weighted by atomic mass is 9.99. The maximum atomic E-state index is 11.9. The van der Waals surface area contributed by atoms with E-state index < -0.39 is 174 Å². The zero-order valence-electron chi connectivity index (χ0n) is 54.5. The zero-order chi connectivity index (χ0) is 74.7. The van der Waals surface area contributed by atoms with Crippen molar-refractivity contribution in [2.45, 2.75) is 123 Å². The molecule has 0 amide bonds. The van der Waals surface area contributed by atoms with Gasteiger partial charge in [0.05, 0.1) is 151 Å². The molecule has 0 radical (unpaired) electrons. The number of rotatable bonds is 16. The number of nitrogens with zero attached hydrogens (tertiary/aromatic N) is 16. The van der Waals surface area contributed by atoms with Crippen molar-refractivity contribution in [3.63, 3.8) is 0 Å². The first-order chi connectivity index (χ1) is 50.0. The van der Waals surface area contributed by atoms with Crippen molar-refractivity contribution in [2.75, 3.05) is 152 Å². The van der Waals surface area contributed by atoms with Crippen LogP contribution in [0, 0.1) is 0 Å². The predicted molar refractivity (Wildman–Crippen MR) is 310 cm³/mol. The first-order valence-electron chi connectivity index (χ1n) is 31.8. The minimum atomic E-state index is -1.71. The van der Waals surface area contributed by atoms with Crippen LogP contribution in [0.5, 0.6) is 0 Å². The lowest BCUT2D eigenvalue weighted by Crippen LogP contribution is -2.62. The van der Waals surface area contributed by atoms with Gasteiger partial charge in [-0.2, -0.15) is 20.0 Å². The lowest BCUT2D eigenvalue weighted by molar-refractivity contribution is -0.760. The Morgan fingerprint density at radius 2 is 0.510 bits per heavy atom. The Morgan fingerprint density at radius 3 is 0.683 bits per heavy atom. The summed E-state index contributed by atoms with van der Waals surface area (Å²) < 4.78 is 80.0. The van der Waals surface area contributed by atoms with Crippen molar-refractivity contribution in [1.29, 1.82) is 0 Å². The average molecular weight is 1510 g/mol. The maximum Gasteiger partial charge on any atom is 0.326 e. The van der Waals surface area contributed by atoms with E-state index in [1.807, 2.05) is 20.0 Å². The smallest absolute Gasteiger partial charge is 0.326 e. The molecular formula is C52H80N16O36. The SMILES string of the molecule is [O-]C(=Nc1c[n+](N2CCOCC2)no1)O[C@@H]1OC(CO)[C@@H](O)[C@H](O)C1O.[O-]C(=Nc1c[n+](N2CCOCC2)no1)O[C@@H]1OC(CO)[C@H](O)[C@H](O)C1O.[O-]C(=Nc1c[n+](N2CCOCC2)no1)O[C@H]1OC(CO)[C@@H](O)[C@H](O)C1O.[O-]C(=Nc1c[n+](N2CCOCC2)no1)O[C@H]1OC(CO)[C@H](O)[C@H](O)C1O. The van der Waals surface area contributed by atoms with E-state index >= 15 is 0 Å². The van der Waals surface area contributed by atoms with Crippen molar-refractivity contribution in [3.8, 4) is 0 Å². The second kappa shape index (κ2) is 38.2. The molecule has 16 N–H and O–H groups in total. The largest absolute Gasteiger partial charge is 0.570 e. The number of ether oxygens (including phenoxy) is 12. The topological polar surface area (TPSA) is 709 Å². The number of hydrogen-bond acceptors (Lipinski definition) is 48. The van der Waals surface area contributed by atoms with Gasteiger partial charge >= 0.3 is 23.5 Å². The molecular weight excluding hydrogens is 1420 g/mol. The molecule has 12 rings (SSSR count). The summed E-state index contributed by atoms with van der Waals surface area (Å²) in [6.45, 7) is 6.42. The van der Waals surface area contributed by atoms with Gasteiger partial charge in [0.2, 0.25) is 21.1 Å². The first-order valence-corrected chi connectivity index (χ1v) is 31.8. The minimum absolute atomic E-state index is 0.147. The molecule has 12 heterocycles. The molecule has 104 heavy (non-hydrogen) atoms. The molecule has 20 atom stereocenters. The number of aliphatic hydroxyl groups is 16. The van der Waals surface area contributed by atoms with Gasteiger partial charge in [0, 0.05) is 0 Å². The first kappa shape index (κ1) is 80.0. The molecule has 0 bridgehead atoms. The van der Waals surface area contributed by atoms with Crippen LogP contribution in [-0.2, 0) is 56.8 Å². The molecule has 0 aliphatic carbocycles. The fraction of sp³-hybridized carbons (Fsp3) is 0.769. The van der Waals surface area contributed by atoms with Crippen LogP contribution in [0.3, 0.4) is 0 Å². The summed E-state index contributed by atoms with van der Waals surface area (Å²) in [5.41, 5.74) is 0. The summed E-state index contributed by atoms with van der Waals surface area (Å²) >= 11 is 0. The predicted octanol–water partition coefficient (Wildman–Crippen LogP) is -19.6. The van der Waals surface area contributed by atoms with Crippen LogP contribution < -0.4 is 59.6 Å². The van der Waals surface area contributed by atoms with Crippen molar-refractivity contribution in [1.82, 2.24) is 21.1 Å². The van der Waals surface area contributed by atoms with Crippen LogP contribution in [0.15, 0.2) is 62.8 Å². The molecule has 8 saturated heterocycles. The van der Waals surface area contributed by atoms with Gasteiger partial charge in [-0.3, -0.25) is 18.1 Å². The monoisotopic (exact) mass is 1500 g/mol. The van der Waals surface area contributed by atoms with Crippen molar-refractivity contribution < 1.29 is 196 Å². The van der Waals surface area contributed by atoms with E-state index in [0.29, 0.717) is 105 Å². The van der Waals surface area contributed by atoms with E-state index in [1.54, 1.807) is 0 Å². The molecule has 8 aliphatic heterocycles. The van der Waals surface area contributed by atoms with Crippen LogP contribution in [-0.4, -0.2) is 382 Å². The Labute approximate surface area is 583 Å². The molecule has 0 spiro atoms. The molecule has 8 fully saturated rings. The highest BCUT2D eigenvalue weighted by atomic mass is 16.8. The van der Waals surface area contributed by atoms with Crippen molar-refractivity contribution >= 4 is 47.9 Å². The molecule has 0 saturated carbocycles. The lowest BCUT2D eigenvalue weighted by Gasteiger charge is -2.42. The minimum Gasteiger partial charge on any atom is -0.570 e.